The van der Waals surface area contributed by atoms with Crippen molar-refractivity contribution in [3.63, 3.8) is 0 Å². The molecule has 1 aliphatic carbocycles. The van der Waals surface area contributed by atoms with E-state index in [2.05, 4.69) is 5.32 Å². The Kier molecular flexibility index (Phi) is 4.02. The van der Waals surface area contributed by atoms with Crippen LogP contribution in [-0.2, 0) is 14.3 Å². The molecule has 2 aliphatic rings. The Hall–Kier alpha value is -0.940. The van der Waals surface area contributed by atoms with Crippen LogP contribution in [0.15, 0.2) is 0 Å². The van der Waals surface area contributed by atoms with Crippen LogP contribution >= 0.6 is 0 Å². The number of hydrogen-bond donors (Lipinski definition) is 1. The van der Waals surface area contributed by atoms with E-state index in [0.717, 1.165) is 19.3 Å². The van der Waals surface area contributed by atoms with Crippen LogP contribution in [0.5, 0.6) is 0 Å². The van der Waals surface area contributed by atoms with Crippen LogP contribution in [0.1, 0.15) is 39.5 Å². The van der Waals surface area contributed by atoms with Crippen molar-refractivity contribution in [1.82, 2.24) is 10.2 Å². The van der Waals surface area contributed by atoms with Crippen LogP contribution in [0.25, 0.3) is 0 Å². The zero-order valence-corrected chi connectivity index (χ0v) is 11.3. The van der Waals surface area contributed by atoms with Gasteiger partial charge in [-0.05, 0) is 33.1 Å². The number of nitrogens with zero attached hydrogens (tertiary/aromatic N) is 1. The number of imide groups is 1. The maximum absolute atomic E-state index is 12.1. The molecule has 5 heteroatoms. The lowest BCUT2D eigenvalue weighted by Crippen LogP contribution is -2.48. The molecule has 0 radical (unpaired) electrons. The minimum absolute atomic E-state index is 0.0569. The van der Waals surface area contributed by atoms with Gasteiger partial charge in [-0.1, -0.05) is 0 Å². The summed E-state index contributed by atoms with van der Waals surface area (Å²) in [6.45, 7) is 3.73. The van der Waals surface area contributed by atoms with Gasteiger partial charge in [-0.15, -0.1) is 0 Å². The number of likely N-dealkylation sites (tertiary alicyclic amines) is 1. The molecule has 3 unspecified atom stereocenters. The van der Waals surface area contributed by atoms with Crippen LogP contribution in [0.4, 0.5) is 0 Å². The summed E-state index contributed by atoms with van der Waals surface area (Å²) in [6.07, 6.45) is 3.60. The molecular formula is C13H22N2O3. The molecule has 2 fully saturated rings. The second kappa shape index (κ2) is 5.36. The highest BCUT2D eigenvalue weighted by Crippen LogP contribution is 2.24. The third kappa shape index (κ3) is 2.42. The smallest absolute Gasteiger partial charge is 0.247 e. The molecular weight excluding hydrogens is 232 g/mol. The van der Waals surface area contributed by atoms with E-state index in [1.807, 2.05) is 13.8 Å². The third-order valence-corrected chi connectivity index (χ3v) is 3.87. The lowest BCUT2D eigenvalue weighted by atomic mass is 10.1. The largest absolute Gasteiger partial charge is 0.380 e. The monoisotopic (exact) mass is 254 g/mol. The van der Waals surface area contributed by atoms with E-state index in [1.165, 1.54) is 4.90 Å². The van der Waals surface area contributed by atoms with Crippen molar-refractivity contribution in [3.8, 4) is 0 Å². The van der Waals surface area contributed by atoms with E-state index in [1.54, 1.807) is 7.11 Å². The van der Waals surface area contributed by atoms with Crippen molar-refractivity contribution < 1.29 is 14.3 Å². The van der Waals surface area contributed by atoms with Crippen molar-refractivity contribution >= 4 is 11.8 Å². The van der Waals surface area contributed by atoms with Crippen molar-refractivity contribution in [2.75, 3.05) is 7.11 Å². The highest BCUT2D eigenvalue weighted by molar-refractivity contribution is 6.05. The molecule has 3 atom stereocenters. The molecule has 1 saturated heterocycles. The number of rotatable bonds is 4. The first-order valence-electron chi connectivity index (χ1n) is 6.69. The quantitative estimate of drug-likeness (QED) is 0.750. The Labute approximate surface area is 108 Å². The molecule has 0 aromatic heterocycles. The van der Waals surface area contributed by atoms with E-state index in [9.17, 15) is 9.59 Å². The summed E-state index contributed by atoms with van der Waals surface area (Å²) >= 11 is 0. The highest BCUT2D eigenvalue weighted by Gasteiger charge is 2.42. The fraction of sp³-hybridized carbons (Fsp3) is 0.846. The Balaban J connectivity index is 1.99. The van der Waals surface area contributed by atoms with E-state index >= 15 is 0 Å². The Bertz CT molecular complexity index is 343. The van der Waals surface area contributed by atoms with Crippen LogP contribution in [0.3, 0.4) is 0 Å². The van der Waals surface area contributed by atoms with Gasteiger partial charge < -0.3 is 10.1 Å². The molecule has 0 bridgehead atoms. The molecule has 2 rings (SSSR count). The summed E-state index contributed by atoms with van der Waals surface area (Å²) < 4.78 is 5.40. The Morgan fingerprint density at radius 1 is 1.33 bits per heavy atom. The number of carbonyl (C=O) groups is 2. The number of ether oxygens (including phenoxy) is 1. The maximum atomic E-state index is 12.1. The second-order valence-electron chi connectivity index (χ2n) is 5.43. The average Bonchev–Trinajstić information content (AvgIpc) is 2.84. The van der Waals surface area contributed by atoms with Gasteiger partial charge in [-0.3, -0.25) is 14.5 Å². The molecule has 0 aromatic rings. The van der Waals surface area contributed by atoms with Gasteiger partial charge in [0.2, 0.25) is 11.8 Å². The van der Waals surface area contributed by atoms with Gasteiger partial charge >= 0.3 is 0 Å². The topological polar surface area (TPSA) is 58.6 Å². The summed E-state index contributed by atoms with van der Waals surface area (Å²) in [6, 6.07) is -0.219. The zero-order valence-electron chi connectivity index (χ0n) is 11.3. The van der Waals surface area contributed by atoms with Crippen molar-refractivity contribution in [3.05, 3.63) is 0 Å². The van der Waals surface area contributed by atoms with Crippen molar-refractivity contribution in [1.29, 1.82) is 0 Å². The summed E-state index contributed by atoms with van der Waals surface area (Å²) in [5.41, 5.74) is 0. The van der Waals surface area contributed by atoms with Gasteiger partial charge in [0, 0.05) is 19.2 Å². The zero-order chi connectivity index (χ0) is 13.3. The molecule has 1 saturated carbocycles. The first-order valence-corrected chi connectivity index (χ1v) is 6.69. The number of amides is 2. The standard InChI is InChI=1S/C13H22N2O3/c1-8(2)15-12(16)7-10(13(15)17)14-9-5-4-6-11(9)18-3/h8-11,14H,4-7H2,1-3H3. The minimum Gasteiger partial charge on any atom is -0.380 e. The predicted molar refractivity (Wildman–Crippen MR) is 67.0 cm³/mol. The minimum atomic E-state index is -0.361. The molecule has 0 aromatic carbocycles. The molecule has 2 amide bonds. The normalized spacial score (nSPS) is 32.9. The van der Waals surface area contributed by atoms with Gasteiger partial charge in [-0.2, -0.15) is 0 Å². The fourth-order valence-corrected chi connectivity index (χ4v) is 2.98. The highest BCUT2D eigenvalue weighted by atomic mass is 16.5. The second-order valence-corrected chi connectivity index (χ2v) is 5.43. The number of carbonyl (C=O) groups excluding carboxylic acids is 2. The van der Waals surface area contributed by atoms with Crippen LogP contribution in [-0.4, -0.2) is 48.1 Å². The predicted octanol–water partition coefficient (Wildman–Crippen LogP) is 0.679. The molecule has 0 spiro atoms. The van der Waals surface area contributed by atoms with E-state index in [0.29, 0.717) is 0 Å². The van der Waals surface area contributed by atoms with Gasteiger partial charge in [0.05, 0.1) is 18.6 Å². The Morgan fingerprint density at radius 3 is 2.61 bits per heavy atom. The van der Waals surface area contributed by atoms with Gasteiger partial charge in [0.25, 0.3) is 0 Å². The van der Waals surface area contributed by atoms with Crippen LogP contribution < -0.4 is 5.32 Å². The lowest BCUT2D eigenvalue weighted by molar-refractivity contribution is -0.140. The lowest BCUT2D eigenvalue weighted by Gasteiger charge is -2.23. The van der Waals surface area contributed by atoms with Gasteiger partial charge in [0.15, 0.2) is 0 Å². The molecule has 102 valence electrons. The van der Waals surface area contributed by atoms with E-state index in [-0.39, 0.29) is 42.5 Å². The number of nitrogens with one attached hydrogen (secondary N) is 1. The number of methoxy groups -OCH3 is 1. The first kappa shape index (κ1) is 13.5. The number of hydrogen-bond acceptors (Lipinski definition) is 4. The van der Waals surface area contributed by atoms with Gasteiger partial charge in [0.1, 0.15) is 0 Å². The molecule has 1 aliphatic heterocycles. The SMILES string of the molecule is COC1CCCC1NC1CC(=O)N(C(C)C)C1=O. The summed E-state index contributed by atoms with van der Waals surface area (Å²) in [4.78, 5) is 25.3. The molecule has 5 nitrogen and oxygen atoms in total. The summed E-state index contributed by atoms with van der Waals surface area (Å²) in [5.74, 6) is -0.156. The van der Waals surface area contributed by atoms with Crippen LogP contribution in [0, 0.1) is 0 Å². The first-order chi connectivity index (χ1) is 8.54. The molecule has 18 heavy (non-hydrogen) atoms. The fourth-order valence-electron chi connectivity index (χ4n) is 2.98. The molecule has 1 heterocycles. The van der Waals surface area contributed by atoms with Gasteiger partial charge in [-0.25, -0.2) is 0 Å². The van der Waals surface area contributed by atoms with Crippen LogP contribution in [0.2, 0.25) is 0 Å². The Morgan fingerprint density at radius 2 is 2.06 bits per heavy atom. The third-order valence-electron chi connectivity index (χ3n) is 3.87. The average molecular weight is 254 g/mol. The van der Waals surface area contributed by atoms with E-state index < -0.39 is 0 Å². The summed E-state index contributed by atoms with van der Waals surface area (Å²) in [5, 5.41) is 3.31. The van der Waals surface area contributed by atoms with Crippen molar-refractivity contribution in [2.45, 2.75) is 63.8 Å². The van der Waals surface area contributed by atoms with Crippen molar-refractivity contribution in [2.24, 2.45) is 0 Å². The molecule has 1 N–H and O–H groups in total. The van der Waals surface area contributed by atoms with E-state index in [4.69, 9.17) is 4.74 Å². The summed E-state index contributed by atoms with van der Waals surface area (Å²) in [7, 11) is 1.70. The maximum Gasteiger partial charge on any atom is 0.247 e.